The molecule has 0 saturated heterocycles. The van der Waals surface area contributed by atoms with Crippen LogP contribution < -0.4 is 10.9 Å². The zero-order valence-corrected chi connectivity index (χ0v) is 13.0. The molecule has 2 aromatic rings. The molecule has 0 aliphatic carbocycles. The van der Waals surface area contributed by atoms with E-state index in [2.05, 4.69) is 15.4 Å². The van der Waals surface area contributed by atoms with Crippen LogP contribution in [0.2, 0.25) is 0 Å². The minimum Gasteiger partial charge on any atom is -0.385 e. The number of aromatic nitrogens is 3. The van der Waals surface area contributed by atoms with Crippen LogP contribution in [0.4, 0.5) is 0 Å². The monoisotopic (exact) mass is 331 g/mol. The van der Waals surface area contributed by atoms with Gasteiger partial charge in [0.25, 0.3) is 11.8 Å². The Bertz CT molecular complexity index is 840. The number of carbonyl (C=O) groups excluding carboxylic acids is 2. The molecule has 126 valence electrons. The lowest BCUT2D eigenvalue weighted by molar-refractivity contribution is 0.0742. The van der Waals surface area contributed by atoms with Crippen LogP contribution in [0.15, 0.2) is 29.1 Å². The lowest BCUT2D eigenvalue weighted by Crippen LogP contribution is -2.37. The van der Waals surface area contributed by atoms with Gasteiger partial charge in [0.2, 0.25) is 5.56 Å². The highest BCUT2D eigenvalue weighted by Crippen LogP contribution is 2.13. The summed E-state index contributed by atoms with van der Waals surface area (Å²) in [6.45, 7) is 0.974. The zero-order valence-electron chi connectivity index (χ0n) is 13.0. The third-order valence-electron chi connectivity index (χ3n) is 3.83. The van der Waals surface area contributed by atoms with Crippen molar-refractivity contribution in [2.75, 3.05) is 20.1 Å². The molecule has 2 aromatic heterocycles. The van der Waals surface area contributed by atoms with Gasteiger partial charge in [0.15, 0.2) is 5.69 Å². The lowest BCUT2D eigenvalue weighted by atomic mass is 10.2. The minimum absolute atomic E-state index is 0.0885. The second-order valence-electron chi connectivity index (χ2n) is 5.56. The highest BCUT2D eigenvalue weighted by Gasteiger charge is 2.25. The quantitative estimate of drug-likeness (QED) is 0.672. The van der Waals surface area contributed by atoms with Crippen LogP contribution in [0.25, 0.3) is 0 Å². The van der Waals surface area contributed by atoms with Crippen molar-refractivity contribution in [3.63, 3.8) is 0 Å². The Hall–Kier alpha value is -2.94. The Kier molecular flexibility index (Phi) is 4.17. The van der Waals surface area contributed by atoms with E-state index < -0.39 is 12.0 Å². The molecule has 3 N–H and O–H groups in total. The number of nitrogens with one attached hydrogen (secondary N) is 2. The van der Waals surface area contributed by atoms with Crippen LogP contribution in [0.5, 0.6) is 0 Å². The van der Waals surface area contributed by atoms with Crippen molar-refractivity contribution < 1.29 is 14.7 Å². The third-order valence-corrected chi connectivity index (χ3v) is 3.83. The summed E-state index contributed by atoms with van der Waals surface area (Å²) in [6, 6.07) is 5.84. The molecule has 0 radical (unpaired) electrons. The molecule has 0 spiro atoms. The van der Waals surface area contributed by atoms with Crippen molar-refractivity contribution in [1.82, 2.24) is 25.0 Å². The SMILES string of the molecule is CN1CCn2nc(C(=O)NCC(O)c3cccc(=O)[nH]3)cc2C1=O. The van der Waals surface area contributed by atoms with Gasteiger partial charge in [-0.25, -0.2) is 0 Å². The molecule has 9 nitrogen and oxygen atoms in total. The average molecular weight is 331 g/mol. The molecular formula is C15H17N5O4. The summed E-state index contributed by atoms with van der Waals surface area (Å²) >= 11 is 0. The summed E-state index contributed by atoms with van der Waals surface area (Å²) in [7, 11) is 1.69. The van der Waals surface area contributed by atoms with E-state index in [0.29, 0.717) is 24.5 Å². The number of H-pyrrole nitrogens is 1. The second kappa shape index (κ2) is 6.28. The van der Waals surface area contributed by atoms with Crippen molar-refractivity contribution in [2.24, 2.45) is 0 Å². The molecule has 3 rings (SSSR count). The van der Waals surface area contributed by atoms with E-state index in [0.717, 1.165) is 0 Å². The molecule has 1 aliphatic rings. The molecule has 3 heterocycles. The van der Waals surface area contributed by atoms with Gasteiger partial charge < -0.3 is 20.3 Å². The summed E-state index contributed by atoms with van der Waals surface area (Å²) in [4.78, 5) is 39.4. The van der Waals surface area contributed by atoms with Crippen LogP contribution >= 0.6 is 0 Å². The van der Waals surface area contributed by atoms with Crippen LogP contribution in [0.3, 0.4) is 0 Å². The lowest BCUT2D eigenvalue weighted by Gasteiger charge is -2.22. The molecule has 0 aromatic carbocycles. The summed E-state index contributed by atoms with van der Waals surface area (Å²) in [5.41, 5.74) is 0.454. The van der Waals surface area contributed by atoms with Crippen LogP contribution in [0, 0.1) is 0 Å². The van der Waals surface area contributed by atoms with Gasteiger partial charge in [-0.1, -0.05) is 6.07 Å². The minimum atomic E-state index is -1.05. The van der Waals surface area contributed by atoms with Gasteiger partial charge in [-0.05, 0) is 6.07 Å². The molecule has 0 fully saturated rings. The number of fused-ring (bicyclic) bond motifs is 1. The third kappa shape index (κ3) is 3.06. The van der Waals surface area contributed by atoms with Gasteiger partial charge in [0, 0.05) is 38.0 Å². The Balaban J connectivity index is 1.67. The highest BCUT2D eigenvalue weighted by molar-refractivity contribution is 5.98. The number of hydrogen-bond acceptors (Lipinski definition) is 5. The molecular weight excluding hydrogens is 314 g/mol. The standard InChI is InChI=1S/C15H17N5O4/c1-19-5-6-20-11(15(19)24)7-10(18-20)14(23)16-8-12(21)9-3-2-4-13(22)17-9/h2-4,7,12,21H,5-6,8H2,1H3,(H,16,23)(H,17,22). The fourth-order valence-corrected chi connectivity index (χ4v) is 2.46. The Labute approximate surface area is 136 Å². The van der Waals surface area contributed by atoms with E-state index in [4.69, 9.17) is 0 Å². The number of amides is 2. The normalized spacial score (nSPS) is 15.1. The van der Waals surface area contributed by atoms with Gasteiger partial charge >= 0.3 is 0 Å². The first-order valence-electron chi connectivity index (χ1n) is 7.44. The highest BCUT2D eigenvalue weighted by atomic mass is 16.3. The van der Waals surface area contributed by atoms with Gasteiger partial charge in [-0.2, -0.15) is 5.10 Å². The largest absolute Gasteiger partial charge is 0.385 e. The molecule has 0 saturated carbocycles. The van der Waals surface area contributed by atoms with Crippen molar-refractivity contribution in [3.05, 3.63) is 51.7 Å². The summed E-state index contributed by atoms with van der Waals surface area (Å²) in [5.74, 6) is -0.681. The van der Waals surface area contributed by atoms with Gasteiger partial charge in [0.1, 0.15) is 11.8 Å². The smallest absolute Gasteiger partial charge is 0.271 e. The van der Waals surface area contributed by atoms with Gasteiger partial charge in [-0.3, -0.25) is 19.1 Å². The maximum atomic E-state index is 12.2. The van der Waals surface area contributed by atoms with Crippen molar-refractivity contribution in [2.45, 2.75) is 12.6 Å². The first-order valence-corrected chi connectivity index (χ1v) is 7.44. The van der Waals surface area contributed by atoms with Crippen molar-refractivity contribution >= 4 is 11.8 Å². The first-order chi connectivity index (χ1) is 11.5. The maximum absolute atomic E-state index is 12.2. The molecule has 24 heavy (non-hydrogen) atoms. The van der Waals surface area contributed by atoms with Crippen molar-refractivity contribution in [1.29, 1.82) is 0 Å². The van der Waals surface area contributed by atoms with E-state index >= 15 is 0 Å². The van der Waals surface area contributed by atoms with Crippen LogP contribution in [-0.2, 0) is 6.54 Å². The van der Waals surface area contributed by atoms with Gasteiger partial charge in [0.05, 0.1) is 6.54 Å². The van der Waals surface area contributed by atoms with E-state index in [1.165, 1.54) is 22.9 Å². The predicted octanol–water partition coefficient (Wildman–Crippen LogP) is -0.880. The Morgan fingerprint density at radius 1 is 1.42 bits per heavy atom. The molecule has 2 amide bonds. The number of aliphatic hydroxyl groups is 1. The topological polar surface area (TPSA) is 120 Å². The number of pyridine rings is 1. The number of nitrogens with zero attached hydrogens (tertiary/aromatic N) is 3. The fourth-order valence-electron chi connectivity index (χ4n) is 2.46. The Morgan fingerprint density at radius 2 is 2.21 bits per heavy atom. The molecule has 0 bridgehead atoms. The van der Waals surface area contributed by atoms with Crippen LogP contribution in [0.1, 0.15) is 32.8 Å². The fraction of sp³-hybridized carbons (Fsp3) is 0.333. The predicted molar refractivity (Wildman–Crippen MR) is 83.5 cm³/mol. The van der Waals surface area contributed by atoms with Crippen molar-refractivity contribution in [3.8, 4) is 0 Å². The molecule has 1 atom stereocenters. The van der Waals surface area contributed by atoms with E-state index in [9.17, 15) is 19.5 Å². The molecule has 1 unspecified atom stereocenters. The first kappa shape index (κ1) is 15.9. The number of aliphatic hydroxyl groups excluding tert-OH is 1. The van der Waals surface area contributed by atoms with E-state index in [-0.39, 0.29) is 23.7 Å². The molecule has 1 aliphatic heterocycles. The van der Waals surface area contributed by atoms with E-state index in [1.807, 2.05) is 0 Å². The number of likely N-dealkylation sites (N-methyl/N-ethyl adjacent to an activating group) is 1. The number of aromatic amines is 1. The molecule has 9 heteroatoms. The summed E-state index contributed by atoms with van der Waals surface area (Å²) < 4.78 is 1.50. The summed E-state index contributed by atoms with van der Waals surface area (Å²) in [6.07, 6.45) is -1.05. The van der Waals surface area contributed by atoms with Gasteiger partial charge in [-0.15, -0.1) is 0 Å². The summed E-state index contributed by atoms with van der Waals surface area (Å²) in [5, 5.41) is 16.7. The average Bonchev–Trinajstić information content (AvgIpc) is 3.01. The van der Waals surface area contributed by atoms with Crippen LogP contribution in [-0.4, -0.2) is 56.7 Å². The Morgan fingerprint density at radius 3 is 2.96 bits per heavy atom. The number of hydrogen-bond donors (Lipinski definition) is 3. The number of carbonyl (C=O) groups is 2. The van der Waals surface area contributed by atoms with E-state index in [1.54, 1.807) is 18.0 Å². The zero-order chi connectivity index (χ0) is 17.3. The maximum Gasteiger partial charge on any atom is 0.271 e. The second-order valence-corrected chi connectivity index (χ2v) is 5.56. The number of rotatable bonds is 4.